The maximum absolute atomic E-state index is 12.9. The van der Waals surface area contributed by atoms with E-state index in [0.29, 0.717) is 10.7 Å². The average molecular weight is 507 g/mol. The number of hydrogen-bond donors (Lipinski definition) is 5. The van der Waals surface area contributed by atoms with Gasteiger partial charge in [0.2, 0.25) is 5.71 Å². The van der Waals surface area contributed by atoms with Crippen molar-refractivity contribution >= 4 is 47.7 Å². The highest BCUT2D eigenvalue weighted by Crippen LogP contribution is 2.41. The summed E-state index contributed by atoms with van der Waals surface area (Å²) in [5.74, 6) is -0.917. The number of fused-ring (bicyclic) bond motifs is 1. The fourth-order valence-corrected chi connectivity index (χ4v) is 5.77. The average Bonchev–Trinajstić information content (AvgIpc) is 3.18. The molecular weight excluding hydrogens is 490 g/mol. The van der Waals surface area contributed by atoms with Gasteiger partial charge in [-0.25, -0.2) is 4.79 Å². The zero-order valence-electron chi connectivity index (χ0n) is 16.0. The fourth-order valence-electron chi connectivity index (χ4n) is 3.33. The van der Waals surface area contributed by atoms with Crippen LogP contribution >= 0.6 is 0 Å². The van der Waals surface area contributed by atoms with Crippen molar-refractivity contribution < 1.29 is 48.3 Å². The summed E-state index contributed by atoms with van der Waals surface area (Å²) in [7, 11) is -14.6. The van der Waals surface area contributed by atoms with Gasteiger partial charge in [-0.1, -0.05) is 0 Å². The van der Waals surface area contributed by atoms with Gasteiger partial charge < -0.3 is 10.7 Å². The normalized spacial score (nSPS) is 18.6. The smallest absolute Gasteiger partial charge is 0.398 e. The molecule has 13 nitrogen and oxygen atoms in total. The van der Waals surface area contributed by atoms with Gasteiger partial charge in [-0.2, -0.15) is 29.8 Å². The van der Waals surface area contributed by atoms with E-state index in [2.05, 4.69) is 4.98 Å². The van der Waals surface area contributed by atoms with Crippen molar-refractivity contribution in [3.05, 3.63) is 58.3 Å². The minimum atomic E-state index is -5.31. The van der Waals surface area contributed by atoms with Crippen LogP contribution < -0.4 is 5.73 Å². The van der Waals surface area contributed by atoms with Crippen LogP contribution in [0.1, 0.15) is 26.9 Å². The van der Waals surface area contributed by atoms with Crippen LogP contribution in [0.4, 0.5) is 5.69 Å². The second-order valence-electron chi connectivity index (χ2n) is 6.65. The summed E-state index contributed by atoms with van der Waals surface area (Å²) >= 11 is 0. The summed E-state index contributed by atoms with van der Waals surface area (Å²) < 4.78 is 102. The first kappa shape index (κ1) is 23.8. The zero-order chi connectivity index (χ0) is 24.2. The van der Waals surface area contributed by atoms with Crippen LogP contribution in [-0.2, 0) is 30.4 Å². The zero-order valence-corrected chi connectivity index (χ0v) is 18.4. The second kappa shape index (κ2) is 7.61. The number of nitrogens with zero attached hydrogens (tertiary/aromatic N) is 1. The Kier molecular flexibility index (Phi) is 5.65. The molecule has 1 atom stereocenters. The van der Waals surface area contributed by atoms with E-state index in [4.69, 9.17) is 5.73 Å². The summed E-state index contributed by atoms with van der Waals surface area (Å²) in [6.45, 7) is 0. The highest BCUT2D eigenvalue weighted by Gasteiger charge is 2.46. The number of aromatic amines is 1. The van der Waals surface area contributed by atoms with Gasteiger partial charge in [0, 0.05) is 17.4 Å². The van der Waals surface area contributed by atoms with Crippen molar-refractivity contribution in [2.45, 2.75) is 10.1 Å². The maximum atomic E-state index is 12.9. The number of allylic oxidation sites excluding steroid dienone is 1. The number of nitrogens with two attached hydrogens (primary N) is 1. The highest BCUT2D eigenvalue weighted by molar-refractivity contribution is 7.91. The first-order chi connectivity index (χ1) is 14.5. The Bertz CT molecular complexity index is 1520. The van der Waals surface area contributed by atoms with Crippen LogP contribution in [0, 0.1) is 0 Å². The molecule has 172 valence electrons. The van der Waals surface area contributed by atoms with Crippen LogP contribution in [-0.4, -0.2) is 67.1 Å². The summed E-state index contributed by atoms with van der Waals surface area (Å²) in [6.07, 6.45) is 1.78. The number of anilines is 1. The molecule has 32 heavy (non-hydrogen) atoms. The van der Waals surface area contributed by atoms with E-state index in [1.54, 1.807) is 0 Å². The van der Waals surface area contributed by atoms with Crippen molar-refractivity contribution in [1.29, 1.82) is 0 Å². The molecule has 6 N–H and O–H groups in total. The third-order valence-electron chi connectivity index (χ3n) is 4.64. The molecule has 0 saturated carbocycles. The highest BCUT2D eigenvalue weighted by atomic mass is 32.2. The number of hydrogen-bond acceptors (Lipinski definition) is 8. The molecule has 1 heterocycles. The fraction of sp³-hybridized carbons (Fsp3) is 0.125. The van der Waals surface area contributed by atoms with E-state index >= 15 is 0 Å². The van der Waals surface area contributed by atoms with E-state index in [9.17, 15) is 43.7 Å². The number of H-pyrrole nitrogens is 1. The lowest BCUT2D eigenvalue weighted by molar-refractivity contribution is -0.393. The lowest BCUT2D eigenvalue weighted by Crippen LogP contribution is -2.35. The van der Waals surface area contributed by atoms with Crippen molar-refractivity contribution in [2.75, 3.05) is 12.8 Å². The Morgan fingerprint density at radius 1 is 1.03 bits per heavy atom. The SMILES string of the molecule is C[N+](C(=O)c1ccc[nH]1)=C1C(S(=O)(=O)O)=CC(S(=O)(=O)O)c2c(N)ccc(S(=O)(=O)O)c21. The lowest BCUT2D eigenvalue weighted by Gasteiger charge is -2.24. The topological polar surface area (TPSA) is 225 Å². The minimum absolute atomic E-state index is 0.0783. The molecule has 0 fully saturated rings. The Labute approximate surface area is 182 Å². The van der Waals surface area contributed by atoms with E-state index in [-0.39, 0.29) is 5.69 Å². The molecule has 16 heteroatoms. The first-order valence-corrected chi connectivity index (χ1v) is 12.8. The predicted molar refractivity (Wildman–Crippen MR) is 110 cm³/mol. The van der Waals surface area contributed by atoms with E-state index in [1.807, 2.05) is 0 Å². The summed E-state index contributed by atoms with van der Waals surface area (Å²) in [5, 5.41) is -2.24. The molecule has 0 aliphatic heterocycles. The quantitative estimate of drug-likeness (QED) is 0.208. The predicted octanol–water partition coefficient (Wildman–Crippen LogP) is -0.170. The van der Waals surface area contributed by atoms with Crippen LogP contribution in [0.3, 0.4) is 0 Å². The van der Waals surface area contributed by atoms with Crippen molar-refractivity contribution in [2.24, 2.45) is 0 Å². The molecule has 1 unspecified atom stereocenters. The number of carbonyl (C=O) groups is 1. The standard InChI is InChI=1S/C16H15N3O10S3/c1-19(16(20)9-3-2-6-18-9)15-12(32(27,28)29)7-11(31(24,25)26)13-8(17)4-5-10(14(13)15)30(21,22)23/h2-7,11H,17H2,1H3,(H3-,18,20,21,22,23,24,25,26,27,28,29)/p+1. The Balaban J connectivity index is 2.61. The molecule has 3 rings (SSSR count). The van der Waals surface area contributed by atoms with E-state index in [0.717, 1.165) is 19.2 Å². The lowest BCUT2D eigenvalue weighted by atomic mass is 9.92. The maximum Gasteiger partial charge on any atom is 0.436 e. The van der Waals surface area contributed by atoms with Gasteiger partial charge in [-0.15, -0.1) is 0 Å². The molecule has 1 aliphatic rings. The molecule has 1 amide bonds. The molecule has 2 aromatic rings. The van der Waals surface area contributed by atoms with Crippen LogP contribution in [0.15, 0.2) is 46.3 Å². The Hall–Kier alpha value is -2.89. The van der Waals surface area contributed by atoms with Gasteiger partial charge in [-0.3, -0.25) is 13.7 Å². The number of aromatic nitrogens is 1. The third kappa shape index (κ3) is 4.10. The van der Waals surface area contributed by atoms with E-state index < -0.39 is 73.8 Å². The van der Waals surface area contributed by atoms with Gasteiger partial charge in [0.05, 0.1) is 5.56 Å². The second-order valence-corrected chi connectivity index (χ2v) is 11.0. The number of rotatable bonds is 4. The monoisotopic (exact) mass is 506 g/mol. The van der Waals surface area contributed by atoms with Crippen LogP contribution in [0.25, 0.3) is 0 Å². The van der Waals surface area contributed by atoms with Crippen molar-refractivity contribution in [3.63, 3.8) is 0 Å². The van der Waals surface area contributed by atoms with Crippen LogP contribution in [0.2, 0.25) is 0 Å². The summed E-state index contributed by atoms with van der Waals surface area (Å²) in [5.41, 5.74) is 3.13. The van der Waals surface area contributed by atoms with Gasteiger partial charge in [0.1, 0.15) is 17.2 Å². The molecule has 1 aromatic carbocycles. The van der Waals surface area contributed by atoms with Gasteiger partial charge in [0.25, 0.3) is 20.2 Å². The van der Waals surface area contributed by atoms with Crippen molar-refractivity contribution in [1.82, 2.24) is 4.98 Å². The third-order valence-corrected chi connectivity index (χ3v) is 7.44. The summed E-state index contributed by atoms with van der Waals surface area (Å²) in [6, 6.07) is 4.42. The van der Waals surface area contributed by atoms with Gasteiger partial charge in [0.15, 0.2) is 10.6 Å². The first-order valence-electron chi connectivity index (χ1n) is 8.39. The van der Waals surface area contributed by atoms with E-state index in [1.165, 1.54) is 18.3 Å². The Morgan fingerprint density at radius 2 is 1.66 bits per heavy atom. The molecule has 0 saturated heterocycles. The number of benzene rings is 1. The minimum Gasteiger partial charge on any atom is -0.398 e. The molecule has 0 spiro atoms. The summed E-state index contributed by atoms with van der Waals surface area (Å²) in [4.78, 5) is 13.2. The number of nitrogen functional groups attached to an aromatic ring is 1. The number of nitrogens with one attached hydrogen (secondary N) is 1. The van der Waals surface area contributed by atoms with Gasteiger partial charge >= 0.3 is 16.0 Å². The van der Waals surface area contributed by atoms with Crippen molar-refractivity contribution in [3.8, 4) is 0 Å². The number of carbonyl (C=O) groups excluding carboxylic acids is 1. The molecular formula is C16H16N3O10S3+. The molecule has 1 aliphatic carbocycles. The van der Waals surface area contributed by atoms with Gasteiger partial charge in [-0.05, 0) is 30.3 Å². The molecule has 0 radical (unpaired) electrons. The molecule has 0 bridgehead atoms. The largest absolute Gasteiger partial charge is 0.436 e. The molecule has 1 aromatic heterocycles. The Morgan fingerprint density at radius 3 is 2.12 bits per heavy atom. The van der Waals surface area contributed by atoms with Crippen LogP contribution in [0.5, 0.6) is 0 Å². The number of amides is 1.